The minimum absolute atomic E-state index is 0.0831. The Morgan fingerprint density at radius 3 is 1.60 bits per heavy atom. The summed E-state index contributed by atoms with van der Waals surface area (Å²) in [4.78, 5) is 13.3. The normalized spacial score (nSPS) is 18.7. The highest BCUT2D eigenvalue weighted by Gasteiger charge is 2.49. The topological polar surface area (TPSA) is 87.7 Å². The summed E-state index contributed by atoms with van der Waals surface area (Å²) >= 11 is 0. The van der Waals surface area contributed by atoms with Crippen molar-refractivity contribution in [2.24, 2.45) is 0 Å². The zero-order valence-corrected chi connectivity index (χ0v) is 34.3. The van der Waals surface area contributed by atoms with Gasteiger partial charge >= 0.3 is 6.03 Å². The predicted octanol–water partition coefficient (Wildman–Crippen LogP) is 9.30. The van der Waals surface area contributed by atoms with Crippen LogP contribution in [-0.4, -0.2) is 62.8 Å². The van der Waals surface area contributed by atoms with Gasteiger partial charge in [0.1, 0.15) is 36.3 Å². The second kappa shape index (κ2) is 22.0. The van der Waals surface area contributed by atoms with E-state index in [1.807, 2.05) is 97.1 Å². The van der Waals surface area contributed by atoms with Gasteiger partial charge in [-0.15, -0.1) is 0 Å². The van der Waals surface area contributed by atoms with Crippen molar-refractivity contribution in [3.8, 4) is 5.75 Å². The van der Waals surface area contributed by atoms with Crippen molar-refractivity contribution in [2.45, 2.75) is 63.4 Å². The van der Waals surface area contributed by atoms with Crippen LogP contribution in [0, 0.1) is 0 Å². The third kappa shape index (κ3) is 12.4. The summed E-state index contributed by atoms with van der Waals surface area (Å²) in [5.41, 5.74) is 7.44. The molecule has 9 heteroatoms. The number of carbonyl (C=O) groups excluding carboxylic acids is 1. The van der Waals surface area contributed by atoms with Crippen LogP contribution in [0.4, 0.5) is 4.79 Å². The summed E-state index contributed by atoms with van der Waals surface area (Å²) in [6.45, 7) is 1.91. The molecule has 0 spiro atoms. The Balaban J connectivity index is 1.18. The number of nitrogens with one attached hydrogen (secondary N) is 1. The predicted molar refractivity (Wildman–Crippen MR) is 232 cm³/mol. The average molecular weight is 807 g/mol. The molecule has 1 N–H and O–H groups in total. The Hall–Kier alpha value is -5.81. The molecule has 0 bridgehead atoms. The van der Waals surface area contributed by atoms with Crippen LogP contribution in [0.2, 0.25) is 0 Å². The zero-order chi connectivity index (χ0) is 41.4. The van der Waals surface area contributed by atoms with E-state index in [0.717, 1.165) is 38.9 Å². The van der Waals surface area contributed by atoms with Crippen LogP contribution in [0.5, 0.6) is 5.75 Å². The van der Waals surface area contributed by atoms with E-state index in [0.29, 0.717) is 38.6 Å². The first-order valence-corrected chi connectivity index (χ1v) is 20.5. The third-order valence-corrected chi connectivity index (χ3v) is 10.4. The van der Waals surface area contributed by atoms with Crippen molar-refractivity contribution in [3.63, 3.8) is 0 Å². The lowest BCUT2D eigenvalue weighted by molar-refractivity contribution is -0.275. The number of urea groups is 1. The Morgan fingerprint density at radius 2 is 1.05 bits per heavy atom. The number of nitrogens with zero attached hydrogens (tertiary/aromatic N) is 1. The van der Waals surface area contributed by atoms with Gasteiger partial charge in [0, 0.05) is 14.1 Å². The number of amides is 2. The molecule has 9 nitrogen and oxygen atoms in total. The van der Waals surface area contributed by atoms with E-state index < -0.39 is 30.5 Å². The summed E-state index contributed by atoms with van der Waals surface area (Å²) in [7, 11) is 3.38. The monoisotopic (exact) mass is 806 g/mol. The molecule has 1 fully saturated rings. The van der Waals surface area contributed by atoms with Gasteiger partial charge in [0.15, 0.2) is 6.73 Å². The Bertz CT molecular complexity index is 2160. The summed E-state index contributed by atoms with van der Waals surface area (Å²) in [6.07, 6.45) is -1.90. The summed E-state index contributed by atoms with van der Waals surface area (Å²) in [6, 6.07) is 56.9. The maximum absolute atomic E-state index is 11.9. The summed E-state index contributed by atoms with van der Waals surface area (Å²) < 4.78 is 40.2. The zero-order valence-electron chi connectivity index (χ0n) is 34.3. The van der Waals surface area contributed by atoms with Crippen LogP contribution in [0.25, 0.3) is 0 Å². The largest absolute Gasteiger partial charge is 0.473 e. The molecule has 1 aliphatic heterocycles. The quantitative estimate of drug-likeness (QED) is 0.0817. The fourth-order valence-corrected chi connectivity index (χ4v) is 7.22. The van der Waals surface area contributed by atoms with E-state index in [1.165, 1.54) is 4.90 Å². The number of carbonyl (C=O) groups is 1. The molecule has 6 aromatic carbocycles. The van der Waals surface area contributed by atoms with Gasteiger partial charge in [-0.2, -0.15) is 0 Å². The minimum atomic E-state index is -0.542. The highest BCUT2D eigenvalue weighted by Crippen LogP contribution is 2.39. The maximum atomic E-state index is 11.9. The fraction of sp³-hybridized carbons (Fsp3) is 0.275. The van der Waals surface area contributed by atoms with Crippen LogP contribution in [-0.2, 0) is 56.5 Å². The van der Waals surface area contributed by atoms with Gasteiger partial charge in [-0.05, 0) is 57.5 Å². The molecule has 60 heavy (non-hydrogen) atoms. The second-order valence-corrected chi connectivity index (χ2v) is 15.1. The first kappa shape index (κ1) is 42.3. The van der Waals surface area contributed by atoms with E-state index in [4.69, 9.17) is 28.4 Å². The van der Waals surface area contributed by atoms with Crippen molar-refractivity contribution < 1.29 is 33.2 Å². The molecule has 0 aliphatic carbocycles. The fourth-order valence-electron chi connectivity index (χ4n) is 7.22. The Labute approximate surface area is 353 Å². The molecule has 0 aromatic heterocycles. The van der Waals surface area contributed by atoms with E-state index in [2.05, 4.69) is 78.1 Å². The molecule has 5 atom stereocenters. The van der Waals surface area contributed by atoms with Crippen LogP contribution in [0.1, 0.15) is 45.0 Å². The Kier molecular flexibility index (Phi) is 15.5. The number of benzene rings is 6. The van der Waals surface area contributed by atoms with Gasteiger partial charge in [0.2, 0.25) is 0 Å². The number of hydrogen-bond acceptors (Lipinski definition) is 7. The van der Waals surface area contributed by atoms with Crippen molar-refractivity contribution >= 4 is 6.03 Å². The standard InChI is InChI=1S/C51H54N2O7/c1-53(2)51(54)52-37-59-45-28-26-38(27-29-45)30-43-24-15-25-44(31-43)47-49(57-34-41-20-11-5-12-21-41)50(58-35-42-22-13-6-14-23-42)48(56-33-40-18-9-4-10-19-40)46(60-47)36-55-32-39-16-7-3-8-17-39/h3-29,31,46-50H,30,32-37H2,1-2H3,(H,52,54)/t46-,47+,48?,49+,50+/m1/s1. The summed E-state index contributed by atoms with van der Waals surface area (Å²) in [5.74, 6) is 0.673. The van der Waals surface area contributed by atoms with Crippen LogP contribution < -0.4 is 10.1 Å². The molecule has 0 saturated carbocycles. The van der Waals surface area contributed by atoms with Gasteiger partial charge < -0.3 is 38.6 Å². The van der Waals surface area contributed by atoms with E-state index >= 15 is 0 Å². The van der Waals surface area contributed by atoms with Gasteiger partial charge in [-0.3, -0.25) is 0 Å². The maximum Gasteiger partial charge on any atom is 0.319 e. The first-order valence-electron chi connectivity index (χ1n) is 20.5. The molecule has 1 unspecified atom stereocenters. The molecule has 6 aromatic rings. The number of hydrogen-bond donors (Lipinski definition) is 1. The van der Waals surface area contributed by atoms with Crippen molar-refractivity contribution in [1.82, 2.24) is 10.2 Å². The molecule has 1 saturated heterocycles. The lowest BCUT2D eigenvalue weighted by Crippen LogP contribution is -2.58. The Morgan fingerprint density at radius 1 is 0.550 bits per heavy atom. The van der Waals surface area contributed by atoms with Crippen molar-refractivity contribution in [3.05, 3.63) is 209 Å². The minimum Gasteiger partial charge on any atom is -0.473 e. The van der Waals surface area contributed by atoms with E-state index in [-0.39, 0.29) is 19.4 Å². The van der Waals surface area contributed by atoms with Crippen molar-refractivity contribution in [1.29, 1.82) is 0 Å². The number of rotatable bonds is 19. The molecule has 2 amide bonds. The first-order chi connectivity index (χ1) is 29.5. The van der Waals surface area contributed by atoms with Crippen LogP contribution in [0.3, 0.4) is 0 Å². The number of ether oxygens (including phenoxy) is 6. The SMILES string of the molecule is CN(C)C(=O)NCOc1ccc(Cc2cccc([C@@H]3O[C@H](COCc4ccccc4)C(OCc4ccccc4)[C@H](OCc4ccccc4)[C@H]3OCc3ccccc3)c2)cc1. The van der Waals surface area contributed by atoms with Gasteiger partial charge in [0.05, 0.1) is 33.0 Å². The van der Waals surface area contributed by atoms with Crippen LogP contribution in [0.15, 0.2) is 170 Å². The smallest absolute Gasteiger partial charge is 0.319 e. The highest BCUT2D eigenvalue weighted by atomic mass is 16.6. The van der Waals surface area contributed by atoms with Crippen molar-refractivity contribution in [2.75, 3.05) is 27.4 Å². The third-order valence-electron chi connectivity index (χ3n) is 10.4. The lowest BCUT2D eigenvalue weighted by atomic mass is 9.89. The molecule has 1 heterocycles. The highest BCUT2D eigenvalue weighted by molar-refractivity contribution is 5.73. The van der Waals surface area contributed by atoms with Crippen LogP contribution >= 0.6 is 0 Å². The molecular weight excluding hydrogens is 753 g/mol. The molecule has 7 rings (SSSR count). The van der Waals surface area contributed by atoms with Gasteiger partial charge in [-0.1, -0.05) is 158 Å². The average Bonchev–Trinajstić information content (AvgIpc) is 3.29. The van der Waals surface area contributed by atoms with E-state index in [9.17, 15) is 4.79 Å². The van der Waals surface area contributed by atoms with Gasteiger partial charge in [-0.25, -0.2) is 4.79 Å². The molecular formula is C51H54N2O7. The molecule has 0 radical (unpaired) electrons. The molecule has 1 aliphatic rings. The second-order valence-electron chi connectivity index (χ2n) is 15.1. The van der Waals surface area contributed by atoms with E-state index in [1.54, 1.807) is 14.1 Å². The molecule has 310 valence electrons. The van der Waals surface area contributed by atoms with Gasteiger partial charge in [0.25, 0.3) is 0 Å². The lowest BCUT2D eigenvalue weighted by Gasteiger charge is -2.46. The summed E-state index contributed by atoms with van der Waals surface area (Å²) in [5, 5.41) is 2.72.